The summed E-state index contributed by atoms with van der Waals surface area (Å²) in [6.07, 6.45) is 0.812. The summed E-state index contributed by atoms with van der Waals surface area (Å²) < 4.78 is 10.2. The number of ether oxygens (including phenoxy) is 1. The number of furan rings is 1. The first-order valence-corrected chi connectivity index (χ1v) is 5.18. The van der Waals surface area contributed by atoms with Gasteiger partial charge in [0.15, 0.2) is 0 Å². The Morgan fingerprint density at radius 2 is 2.07 bits per heavy atom. The largest absolute Gasteiger partial charge is 0.460 e. The van der Waals surface area contributed by atoms with Gasteiger partial charge in [0.1, 0.15) is 5.76 Å². The molecular weight excluding hydrogens is 192 g/mol. The number of hydrogen-bond acceptors (Lipinski definition) is 3. The molecule has 1 aromatic rings. The van der Waals surface area contributed by atoms with Crippen LogP contribution in [0.25, 0.3) is 0 Å². The van der Waals surface area contributed by atoms with Gasteiger partial charge >= 0.3 is 5.97 Å². The standard InChI is InChI=1S/C12H18O3/c1-5-14-11(13)10-7-6-9(15-10)8-12(2,3)4/h6-7H,5,8H2,1-4H3. The van der Waals surface area contributed by atoms with Gasteiger partial charge in [-0.3, -0.25) is 0 Å². The molecule has 0 fully saturated rings. The van der Waals surface area contributed by atoms with Gasteiger partial charge in [-0.15, -0.1) is 0 Å². The van der Waals surface area contributed by atoms with Crippen molar-refractivity contribution in [3.63, 3.8) is 0 Å². The zero-order valence-corrected chi connectivity index (χ0v) is 9.79. The van der Waals surface area contributed by atoms with Crippen LogP contribution < -0.4 is 0 Å². The van der Waals surface area contributed by atoms with Crippen molar-refractivity contribution in [1.29, 1.82) is 0 Å². The van der Waals surface area contributed by atoms with Gasteiger partial charge in [0.25, 0.3) is 0 Å². The van der Waals surface area contributed by atoms with Gasteiger partial charge < -0.3 is 9.15 Å². The summed E-state index contributed by atoms with van der Waals surface area (Å²) >= 11 is 0. The van der Waals surface area contributed by atoms with Gasteiger partial charge in [0.2, 0.25) is 5.76 Å². The highest BCUT2D eigenvalue weighted by atomic mass is 16.5. The lowest BCUT2D eigenvalue weighted by Gasteiger charge is -2.15. The highest BCUT2D eigenvalue weighted by Gasteiger charge is 2.17. The smallest absolute Gasteiger partial charge is 0.374 e. The summed E-state index contributed by atoms with van der Waals surface area (Å²) in [7, 11) is 0. The van der Waals surface area contributed by atoms with Gasteiger partial charge in [-0.05, 0) is 24.5 Å². The molecule has 0 aliphatic carbocycles. The van der Waals surface area contributed by atoms with Crippen LogP contribution in [0.3, 0.4) is 0 Å². The SMILES string of the molecule is CCOC(=O)c1ccc(CC(C)(C)C)o1. The van der Waals surface area contributed by atoms with Crippen LogP contribution in [0.2, 0.25) is 0 Å². The van der Waals surface area contributed by atoms with E-state index in [1.54, 1.807) is 13.0 Å². The Kier molecular flexibility index (Phi) is 3.56. The molecule has 0 aliphatic heterocycles. The maximum Gasteiger partial charge on any atom is 0.374 e. The molecule has 3 heteroatoms. The van der Waals surface area contributed by atoms with Crippen LogP contribution in [0, 0.1) is 5.41 Å². The van der Waals surface area contributed by atoms with Crippen molar-refractivity contribution < 1.29 is 13.9 Å². The van der Waals surface area contributed by atoms with Gasteiger partial charge in [-0.2, -0.15) is 0 Å². The lowest BCUT2D eigenvalue weighted by Crippen LogP contribution is -2.08. The monoisotopic (exact) mass is 210 g/mol. The van der Waals surface area contributed by atoms with Crippen LogP contribution in [0.1, 0.15) is 44.0 Å². The van der Waals surface area contributed by atoms with E-state index in [9.17, 15) is 4.79 Å². The second kappa shape index (κ2) is 4.51. The van der Waals surface area contributed by atoms with E-state index < -0.39 is 5.97 Å². The van der Waals surface area contributed by atoms with Crippen molar-refractivity contribution in [2.24, 2.45) is 5.41 Å². The molecule has 0 radical (unpaired) electrons. The lowest BCUT2D eigenvalue weighted by molar-refractivity contribution is 0.0487. The Morgan fingerprint density at radius 3 is 2.60 bits per heavy atom. The average Bonchev–Trinajstić information content (AvgIpc) is 2.50. The van der Waals surface area contributed by atoms with E-state index in [2.05, 4.69) is 20.8 Å². The predicted octanol–water partition coefficient (Wildman–Crippen LogP) is 3.04. The van der Waals surface area contributed by atoms with Crippen LogP contribution in [0.15, 0.2) is 16.5 Å². The molecule has 0 aromatic carbocycles. The molecule has 0 unspecified atom stereocenters. The molecule has 0 saturated carbocycles. The minimum atomic E-state index is -0.391. The summed E-state index contributed by atoms with van der Waals surface area (Å²) in [6.45, 7) is 8.52. The molecule has 0 amide bonds. The maximum absolute atomic E-state index is 11.3. The van der Waals surface area contributed by atoms with E-state index in [1.807, 2.05) is 6.07 Å². The first-order chi connectivity index (χ1) is 6.92. The van der Waals surface area contributed by atoms with Crippen molar-refractivity contribution in [2.75, 3.05) is 6.61 Å². The Morgan fingerprint density at radius 1 is 1.40 bits per heavy atom. The van der Waals surface area contributed by atoms with E-state index in [-0.39, 0.29) is 11.2 Å². The maximum atomic E-state index is 11.3. The first kappa shape index (κ1) is 11.8. The predicted molar refractivity (Wildman–Crippen MR) is 57.8 cm³/mol. The quantitative estimate of drug-likeness (QED) is 0.720. The summed E-state index contributed by atoms with van der Waals surface area (Å²) in [5.74, 6) is 0.722. The van der Waals surface area contributed by atoms with Crippen molar-refractivity contribution in [1.82, 2.24) is 0 Å². The third-order valence-corrected chi connectivity index (χ3v) is 1.84. The molecule has 3 nitrogen and oxygen atoms in total. The van der Waals surface area contributed by atoms with Gasteiger partial charge in [-0.25, -0.2) is 4.79 Å². The van der Waals surface area contributed by atoms with Gasteiger partial charge in [-0.1, -0.05) is 20.8 Å². The molecule has 0 bridgehead atoms. The fraction of sp³-hybridized carbons (Fsp3) is 0.583. The molecule has 0 N–H and O–H groups in total. The number of carbonyl (C=O) groups is 1. The highest BCUT2D eigenvalue weighted by molar-refractivity contribution is 5.86. The zero-order valence-electron chi connectivity index (χ0n) is 9.79. The van der Waals surface area contributed by atoms with Crippen molar-refractivity contribution in [3.05, 3.63) is 23.7 Å². The Labute approximate surface area is 90.4 Å². The normalized spacial score (nSPS) is 11.5. The summed E-state index contributed by atoms with van der Waals surface area (Å²) in [4.78, 5) is 11.3. The van der Waals surface area contributed by atoms with Crippen molar-refractivity contribution in [2.45, 2.75) is 34.1 Å². The van der Waals surface area contributed by atoms with Gasteiger partial charge in [0.05, 0.1) is 6.61 Å². The molecule has 1 heterocycles. The van der Waals surface area contributed by atoms with Crippen LogP contribution >= 0.6 is 0 Å². The summed E-state index contributed by atoms with van der Waals surface area (Å²) in [5.41, 5.74) is 0.157. The van der Waals surface area contributed by atoms with Crippen molar-refractivity contribution in [3.8, 4) is 0 Å². The van der Waals surface area contributed by atoms with E-state index in [1.165, 1.54) is 0 Å². The van der Waals surface area contributed by atoms with Crippen LogP contribution in [0.5, 0.6) is 0 Å². The van der Waals surface area contributed by atoms with Gasteiger partial charge in [0, 0.05) is 6.42 Å². The molecule has 1 aromatic heterocycles. The van der Waals surface area contributed by atoms with Crippen LogP contribution in [0.4, 0.5) is 0 Å². The van der Waals surface area contributed by atoms with E-state index in [4.69, 9.17) is 9.15 Å². The third kappa shape index (κ3) is 3.78. The molecule has 15 heavy (non-hydrogen) atoms. The first-order valence-electron chi connectivity index (χ1n) is 5.18. The van der Waals surface area contributed by atoms with Crippen molar-refractivity contribution >= 4 is 5.97 Å². The lowest BCUT2D eigenvalue weighted by atomic mass is 9.91. The fourth-order valence-corrected chi connectivity index (χ4v) is 1.31. The Hall–Kier alpha value is -1.25. The second-order valence-corrected chi connectivity index (χ2v) is 4.72. The zero-order chi connectivity index (χ0) is 11.5. The van der Waals surface area contributed by atoms with Crippen LogP contribution in [-0.4, -0.2) is 12.6 Å². The topological polar surface area (TPSA) is 39.4 Å². The van der Waals surface area contributed by atoms with E-state index in [0.29, 0.717) is 6.61 Å². The molecular formula is C12H18O3. The second-order valence-electron chi connectivity index (χ2n) is 4.72. The minimum absolute atomic E-state index is 0.157. The molecule has 0 spiro atoms. The van der Waals surface area contributed by atoms with E-state index in [0.717, 1.165) is 12.2 Å². The Bertz CT molecular complexity index is 331. The number of esters is 1. The van der Waals surface area contributed by atoms with Crippen LogP contribution in [-0.2, 0) is 11.2 Å². The number of rotatable bonds is 3. The number of hydrogen-bond donors (Lipinski definition) is 0. The average molecular weight is 210 g/mol. The molecule has 0 aliphatic rings. The molecule has 0 atom stereocenters. The highest BCUT2D eigenvalue weighted by Crippen LogP contribution is 2.22. The third-order valence-electron chi connectivity index (χ3n) is 1.84. The van der Waals surface area contributed by atoms with E-state index >= 15 is 0 Å². The molecule has 84 valence electrons. The Balaban J connectivity index is 2.68. The summed E-state index contributed by atoms with van der Waals surface area (Å²) in [6, 6.07) is 3.50. The fourth-order valence-electron chi connectivity index (χ4n) is 1.31. The molecule has 0 saturated heterocycles. The number of carbonyl (C=O) groups excluding carboxylic acids is 1. The minimum Gasteiger partial charge on any atom is -0.460 e. The summed E-state index contributed by atoms with van der Waals surface area (Å²) in [5, 5.41) is 0. The molecule has 1 rings (SSSR count).